The minimum absolute atomic E-state index is 0.0162. The Morgan fingerprint density at radius 2 is 1.96 bits per heavy atom. The Kier molecular flexibility index (Phi) is 4.89. The third kappa shape index (κ3) is 3.45. The van der Waals surface area contributed by atoms with Crippen LogP contribution in [0.1, 0.15) is 40.7 Å². The number of piperidine rings is 1. The maximum absolute atomic E-state index is 14.1. The fraction of sp³-hybridized carbons (Fsp3) is 0.286. The minimum atomic E-state index is -0.537. The number of allylic oxidation sites excluding steroid dienone is 1. The highest BCUT2D eigenvalue weighted by Gasteiger charge is 2.31. The molecule has 27 heavy (non-hydrogen) atoms. The standard InChI is InChI=1S/C21H19ClFNO3/c22-16-5-4-6-17(23)14(16)11-19-20(26)13-7-8-18(25)15(21(13)27-19)12-24-9-2-1-3-10-24/h4-8,11,25H,1-3,9-10,12H2. The van der Waals surface area contributed by atoms with Crippen molar-refractivity contribution in [1.82, 2.24) is 0 Å². The van der Waals surface area contributed by atoms with Crippen molar-refractivity contribution in [3.05, 3.63) is 63.6 Å². The molecule has 2 aromatic rings. The lowest BCUT2D eigenvalue weighted by molar-refractivity contribution is -0.918. The molecule has 4 nitrogen and oxygen atoms in total. The molecule has 6 heteroatoms. The molecule has 0 aromatic heterocycles. The van der Waals surface area contributed by atoms with Gasteiger partial charge in [0.15, 0.2) is 5.76 Å². The van der Waals surface area contributed by atoms with Crippen LogP contribution in [0.15, 0.2) is 36.1 Å². The molecule has 1 fully saturated rings. The average molecular weight is 388 g/mol. The topological polar surface area (TPSA) is 53.8 Å². The Hall–Kier alpha value is -2.37. The molecule has 0 atom stereocenters. The second-order valence-electron chi connectivity index (χ2n) is 6.98. The number of nitrogens with one attached hydrogen (secondary N) is 1. The summed E-state index contributed by atoms with van der Waals surface area (Å²) >= 11 is 6.05. The molecule has 1 N–H and O–H groups in total. The average Bonchev–Trinajstić information content (AvgIpc) is 2.98. The fourth-order valence-corrected chi connectivity index (χ4v) is 3.93. The van der Waals surface area contributed by atoms with Crippen molar-refractivity contribution in [2.24, 2.45) is 0 Å². The van der Waals surface area contributed by atoms with Gasteiger partial charge in [0.2, 0.25) is 5.78 Å². The molecule has 0 saturated carbocycles. The number of fused-ring (bicyclic) bond motifs is 1. The first-order valence-electron chi connectivity index (χ1n) is 9.09. The van der Waals surface area contributed by atoms with E-state index in [-0.39, 0.29) is 27.9 Å². The number of rotatable bonds is 3. The summed E-state index contributed by atoms with van der Waals surface area (Å²) in [5, 5.41) is 12.6. The normalized spacial score (nSPS) is 18.6. The molecule has 1 saturated heterocycles. The van der Waals surface area contributed by atoms with Crippen LogP contribution in [0, 0.1) is 5.82 Å². The first-order valence-corrected chi connectivity index (χ1v) is 9.47. The van der Waals surface area contributed by atoms with Crippen LogP contribution < -0.4 is 14.7 Å². The van der Waals surface area contributed by atoms with E-state index in [0.29, 0.717) is 23.4 Å². The highest BCUT2D eigenvalue weighted by atomic mass is 35.5. The molecule has 2 heterocycles. The first kappa shape index (κ1) is 18.0. The summed E-state index contributed by atoms with van der Waals surface area (Å²) in [4.78, 5) is 14.0. The smallest absolute Gasteiger partial charge is 0.231 e. The van der Waals surface area contributed by atoms with E-state index in [4.69, 9.17) is 16.3 Å². The Labute approximate surface area is 161 Å². The van der Waals surface area contributed by atoms with Crippen molar-refractivity contribution in [3.63, 3.8) is 0 Å². The molecule has 0 radical (unpaired) electrons. The van der Waals surface area contributed by atoms with Crippen molar-refractivity contribution >= 4 is 23.5 Å². The number of quaternary nitrogens is 1. The van der Waals surface area contributed by atoms with E-state index < -0.39 is 5.82 Å². The molecule has 0 aliphatic carbocycles. The number of likely N-dealkylation sites (tertiary alicyclic amines) is 1. The van der Waals surface area contributed by atoms with Gasteiger partial charge in [-0.1, -0.05) is 29.5 Å². The number of hydrogen-bond donors (Lipinski definition) is 1. The quantitative estimate of drug-likeness (QED) is 0.824. The Bertz CT molecular complexity index is 915. The van der Waals surface area contributed by atoms with E-state index in [1.807, 2.05) is 0 Å². The monoisotopic (exact) mass is 387 g/mol. The van der Waals surface area contributed by atoms with Gasteiger partial charge in [0.05, 0.1) is 23.7 Å². The molecule has 0 spiro atoms. The summed E-state index contributed by atoms with van der Waals surface area (Å²) in [6.45, 7) is 2.54. The van der Waals surface area contributed by atoms with Gasteiger partial charge >= 0.3 is 0 Å². The SMILES string of the molecule is O=C1C(=Cc2c(F)cccc2Cl)Oc2c1ccc([O-])c2C[NH+]1CCCCC1. The van der Waals surface area contributed by atoms with Crippen molar-refractivity contribution in [3.8, 4) is 11.5 Å². The van der Waals surface area contributed by atoms with Crippen molar-refractivity contribution in [1.29, 1.82) is 0 Å². The number of benzene rings is 2. The highest BCUT2D eigenvalue weighted by Crippen LogP contribution is 2.38. The first-order chi connectivity index (χ1) is 13.0. The highest BCUT2D eigenvalue weighted by molar-refractivity contribution is 6.32. The second-order valence-corrected chi connectivity index (χ2v) is 7.39. The Morgan fingerprint density at radius 1 is 1.19 bits per heavy atom. The van der Waals surface area contributed by atoms with Gasteiger partial charge < -0.3 is 14.7 Å². The largest absolute Gasteiger partial charge is 0.872 e. The molecule has 140 valence electrons. The number of Topliss-reactive ketones (excluding diaryl/α,β-unsaturated/α-hetero) is 1. The Morgan fingerprint density at radius 3 is 2.70 bits per heavy atom. The number of ketones is 1. The van der Waals surface area contributed by atoms with E-state index >= 15 is 0 Å². The van der Waals surface area contributed by atoms with Gasteiger partial charge in [0.1, 0.15) is 18.1 Å². The minimum Gasteiger partial charge on any atom is -0.872 e. The molecule has 0 unspecified atom stereocenters. The number of carbonyl (C=O) groups is 1. The number of hydrogen-bond acceptors (Lipinski definition) is 3. The predicted molar refractivity (Wildman–Crippen MR) is 98.5 cm³/mol. The van der Waals surface area contributed by atoms with Gasteiger partial charge in [0.25, 0.3) is 0 Å². The Balaban J connectivity index is 1.69. The lowest BCUT2D eigenvalue weighted by Gasteiger charge is -2.26. The molecule has 2 aromatic carbocycles. The van der Waals surface area contributed by atoms with Crippen LogP contribution in [-0.2, 0) is 6.54 Å². The molecule has 0 amide bonds. The zero-order chi connectivity index (χ0) is 19.0. The lowest BCUT2D eigenvalue weighted by atomic mass is 10.0. The lowest BCUT2D eigenvalue weighted by Crippen LogP contribution is -3.11. The number of halogens is 2. The summed E-state index contributed by atoms with van der Waals surface area (Å²) in [5.41, 5.74) is 0.960. The zero-order valence-corrected chi connectivity index (χ0v) is 15.4. The van der Waals surface area contributed by atoms with Gasteiger partial charge in [-0.2, -0.15) is 0 Å². The van der Waals surface area contributed by atoms with Crippen molar-refractivity contribution in [2.75, 3.05) is 13.1 Å². The number of ether oxygens (including phenoxy) is 1. The molecule has 2 aliphatic rings. The summed E-state index contributed by atoms with van der Waals surface area (Å²) in [7, 11) is 0. The van der Waals surface area contributed by atoms with Crippen LogP contribution in [0.25, 0.3) is 6.08 Å². The molecule has 4 rings (SSSR count). The van der Waals surface area contributed by atoms with E-state index in [1.54, 1.807) is 6.07 Å². The third-order valence-electron chi connectivity index (χ3n) is 5.16. The van der Waals surface area contributed by atoms with Gasteiger partial charge in [-0.25, -0.2) is 4.39 Å². The van der Waals surface area contributed by atoms with Gasteiger partial charge in [0, 0.05) is 11.1 Å². The van der Waals surface area contributed by atoms with E-state index in [0.717, 1.165) is 25.9 Å². The molecular weight excluding hydrogens is 369 g/mol. The number of carbonyl (C=O) groups excluding carboxylic acids is 1. The van der Waals surface area contributed by atoms with Crippen LogP contribution >= 0.6 is 11.6 Å². The van der Waals surface area contributed by atoms with Crippen LogP contribution in [0.4, 0.5) is 4.39 Å². The molecule has 0 bridgehead atoms. The summed E-state index contributed by atoms with van der Waals surface area (Å²) < 4.78 is 19.8. The van der Waals surface area contributed by atoms with Gasteiger partial charge in [-0.05, 0) is 43.5 Å². The van der Waals surface area contributed by atoms with E-state index in [1.165, 1.54) is 41.7 Å². The maximum Gasteiger partial charge on any atom is 0.231 e. The van der Waals surface area contributed by atoms with Crippen molar-refractivity contribution in [2.45, 2.75) is 25.8 Å². The van der Waals surface area contributed by atoms with Crippen LogP contribution in [0.3, 0.4) is 0 Å². The summed E-state index contributed by atoms with van der Waals surface area (Å²) in [5.74, 6) is -0.740. The fourth-order valence-electron chi connectivity index (χ4n) is 3.71. The van der Waals surface area contributed by atoms with Gasteiger partial charge in [-0.15, -0.1) is 0 Å². The summed E-state index contributed by atoms with van der Waals surface area (Å²) in [6, 6.07) is 7.21. The second kappa shape index (κ2) is 7.33. The van der Waals surface area contributed by atoms with Gasteiger partial charge in [-0.3, -0.25) is 4.79 Å². The molecular formula is C21H19ClFNO3. The van der Waals surface area contributed by atoms with Crippen LogP contribution in [0.2, 0.25) is 5.02 Å². The van der Waals surface area contributed by atoms with Crippen molar-refractivity contribution < 1.29 is 23.9 Å². The zero-order valence-electron chi connectivity index (χ0n) is 14.7. The molecule has 2 aliphatic heterocycles. The summed E-state index contributed by atoms with van der Waals surface area (Å²) in [6.07, 6.45) is 4.79. The van der Waals surface area contributed by atoms with E-state index in [9.17, 15) is 14.3 Å². The van der Waals surface area contributed by atoms with Crippen LogP contribution in [-0.4, -0.2) is 18.9 Å². The third-order valence-corrected chi connectivity index (χ3v) is 5.49. The van der Waals surface area contributed by atoms with E-state index in [2.05, 4.69) is 0 Å². The van der Waals surface area contributed by atoms with Crippen LogP contribution in [0.5, 0.6) is 11.5 Å². The maximum atomic E-state index is 14.1. The predicted octanol–water partition coefficient (Wildman–Crippen LogP) is 2.74.